The maximum Gasteiger partial charge on any atom is 0.341 e. The highest BCUT2D eigenvalue weighted by molar-refractivity contribution is 8.18. The molecular formula is C23H24N2O6S. The Bertz CT molecular complexity index is 1050. The van der Waals surface area contributed by atoms with Gasteiger partial charge in [-0.15, -0.1) is 0 Å². The average Bonchev–Trinajstić information content (AvgIpc) is 3.07. The van der Waals surface area contributed by atoms with Crippen LogP contribution in [0.1, 0.15) is 19.4 Å². The molecule has 0 atom stereocenters. The molecule has 0 aromatic heterocycles. The fourth-order valence-electron chi connectivity index (χ4n) is 2.95. The number of carboxylic acid groups (broad SMARTS) is 1. The summed E-state index contributed by atoms with van der Waals surface area (Å²) < 4.78 is 16.0. The zero-order valence-corrected chi connectivity index (χ0v) is 18.8. The number of likely N-dealkylation sites (N-methyl/N-ethyl adjacent to an activating group) is 1. The number of hydrogen-bond donors (Lipinski definition) is 1. The number of rotatable bonds is 9. The van der Waals surface area contributed by atoms with E-state index in [2.05, 4.69) is 4.99 Å². The lowest BCUT2D eigenvalue weighted by Gasteiger charge is -2.12. The number of aliphatic imine (C=N–C) groups is 1. The van der Waals surface area contributed by atoms with E-state index >= 15 is 0 Å². The summed E-state index contributed by atoms with van der Waals surface area (Å²) in [6.07, 6.45) is 1.75. The minimum atomic E-state index is -1.08. The van der Waals surface area contributed by atoms with E-state index in [1.165, 1.54) is 18.9 Å². The summed E-state index contributed by atoms with van der Waals surface area (Å²) in [4.78, 5) is 30.4. The third-order valence-corrected chi connectivity index (χ3v) is 5.42. The number of carbonyl (C=O) groups is 2. The first-order valence-electron chi connectivity index (χ1n) is 10.0. The van der Waals surface area contributed by atoms with Crippen LogP contribution >= 0.6 is 11.8 Å². The molecule has 0 aliphatic carbocycles. The quantitative estimate of drug-likeness (QED) is 0.565. The van der Waals surface area contributed by atoms with Crippen LogP contribution in [0.25, 0.3) is 6.08 Å². The van der Waals surface area contributed by atoms with Crippen LogP contribution in [0.4, 0.5) is 5.69 Å². The molecule has 2 aromatic carbocycles. The van der Waals surface area contributed by atoms with Gasteiger partial charge < -0.3 is 19.3 Å². The van der Waals surface area contributed by atoms with Gasteiger partial charge in [-0.25, -0.2) is 9.79 Å². The Morgan fingerprint density at radius 3 is 2.50 bits per heavy atom. The van der Waals surface area contributed by atoms with Crippen molar-refractivity contribution in [3.05, 3.63) is 52.9 Å². The van der Waals surface area contributed by atoms with Crippen molar-refractivity contribution in [3.63, 3.8) is 0 Å². The van der Waals surface area contributed by atoms with Gasteiger partial charge in [0, 0.05) is 6.54 Å². The third-order valence-electron chi connectivity index (χ3n) is 4.41. The first-order chi connectivity index (χ1) is 15.4. The first-order valence-corrected chi connectivity index (χ1v) is 10.8. The van der Waals surface area contributed by atoms with Crippen LogP contribution in [0, 0.1) is 0 Å². The number of thioether (sulfide) groups is 1. The normalized spacial score (nSPS) is 16.0. The van der Waals surface area contributed by atoms with Crippen LogP contribution in [-0.4, -0.2) is 53.9 Å². The molecule has 0 unspecified atom stereocenters. The molecule has 1 aliphatic heterocycles. The molecule has 1 heterocycles. The molecule has 0 bridgehead atoms. The van der Waals surface area contributed by atoms with E-state index in [9.17, 15) is 9.59 Å². The number of carbonyl (C=O) groups excluding carboxylic acids is 1. The fourth-order valence-corrected chi connectivity index (χ4v) is 4.01. The van der Waals surface area contributed by atoms with Gasteiger partial charge in [-0.2, -0.15) is 0 Å². The average molecular weight is 457 g/mol. The number of hydrogen-bond acceptors (Lipinski definition) is 7. The fraction of sp³-hybridized carbons (Fsp3) is 0.261. The maximum atomic E-state index is 12.9. The minimum absolute atomic E-state index is 0.132. The zero-order chi connectivity index (χ0) is 23.1. The SMILES string of the molecule is CCOc1ccc(N=C2SC(=Cc3ccc(OCC(=O)O)c(OC)c3)C(=O)N2CC)cc1. The number of ether oxygens (including phenoxy) is 3. The first kappa shape index (κ1) is 23.2. The predicted molar refractivity (Wildman–Crippen MR) is 124 cm³/mol. The van der Waals surface area contributed by atoms with E-state index in [-0.39, 0.29) is 5.91 Å². The van der Waals surface area contributed by atoms with Crippen molar-refractivity contribution in [1.82, 2.24) is 4.90 Å². The molecule has 0 saturated carbocycles. The predicted octanol–water partition coefficient (Wildman–Crippen LogP) is 4.18. The lowest BCUT2D eigenvalue weighted by atomic mass is 10.2. The van der Waals surface area contributed by atoms with Gasteiger partial charge in [0.1, 0.15) is 5.75 Å². The smallest absolute Gasteiger partial charge is 0.341 e. The zero-order valence-electron chi connectivity index (χ0n) is 18.0. The van der Waals surface area contributed by atoms with Gasteiger partial charge in [0.15, 0.2) is 23.3 Å². The van der Waals surface area contributed by atoms with Crippen molar-refractivity contribution < 1.29 is 28.9 Å². The van der Waals surface area contributed by atoms with Crippen LogP contribution in [0.5, 0.6) is 17.2 Å². The van der Waals surface area contributed by atoms with Crippen LogP contribution < -0.4 is 14.2 Å². The molecule has 9 heteroatoms. The van der Waals surface area contributed by atoms with E-state index in [4.69, 9.17) is 19.3 Å². The van der Waals surface area contributed by atoms with Gasteiger partial charge in [0.05, 0.1) is 24.3 Å². The van der Waals surface area contributed by atoms with Crippen LogP contribution in [0.2, 0.25) is 0 Å². The maximum absolute atomic E-state index is 12.9. The Labute approximate surface area is 190 Å². The van der Waals surface area contributed by atoms with E-state index in [0.29, 0.717) is 34.7 Å². The Balaban J connectivity index is 1.84. The summed E-state index contributed by atoms with van der Waals surface area (Å²) in [6, 6.07) is 12.4. The summed E-state index contributed by atoms with van der Waals surface area (Å²) in [7, 11) is 1.47. The summed E-state index contributed by atoms with van der Waals surface area (Å²) in [5.41, 5.74) is 1.45. The molecule has 0 radical (unpaired) electrons. The van der Waals surface area contributed by atoms with Gasteiger partial charge in [0.2, 0.25) is 0 Å². The minimum Gasteiger partial charge on any atom is -0.494 e. The van der Waals surface area contributed by atoms with Crippen LogP contribution in [-0.2, 0) is 9.59 Å². The molecule has 0 spiro atoms. The Hall–Kier alpha value is -3.46. The molecule has 1 fully saturated rings. The molecule has 1 amide bonds. The Kier molecular flexibility index (Phi) is 7.77. The number of amides is 1. The topological polar surface area (TPSA) is 97.7 Å². The number of carboxylic acids is 1. The highest BCUT2D eigenvalue weighted by Crippen LogP contribution is 2.36. The van der Waals surface area contributed by atoms with Crippen LogP contribution in [0.3, 0.4) is 0 Å². The Morgan fingerprint density at radius 2 is 1.88 bits per heavy atom. The molecule has 8 nitrogen and oxygen atoms in total. The monoisotopic (exact) mass is 456 g/mol. The van der Waals surface area contributed by atoms with Gasteiger partial charge in [-0.3, -0.25) is 9.69 Å². The highest BCUT2D eigenvalue weighted by Gasteiger charge is 2.32. The van der Waals surface area contributed by atoms with Gasteiger partial charge in [0.25, 0.3) is 5.91 Å². The molecule has 168 valence electrons. The van der Waals surface area contributed by atoms with Gasteiger partial charge in [-0.1, -0.05) is 6.07 Å². The molecular weight excluding hydrogens is 432 g/mol. The second-order valence-electron chi connectivity index (χ2n) is 6.57. The van der Waals surface area contributed by atoms with Crippen molar-refractivity contribution in [1.29, 1.82) is 0 Å². The van der Waals surface area contributed by atoms with Gasteiger partial charge in [-0.05, 0) is 73.6 Å². The number of methoxy groups -OCH3 is 1. The number of amidine groups is 1. The third kappa shape index (κ3) is 5.61. The lowest BCUT2D eigenvalue weighted by molar-refractivity contribution is -0.139. The lowest BCUT2D eigenvalue weighted by Crippen LogP contribution is -2.28. The van der Waals surface area contributed by atoms with E-state index in [0.717, 1.165) is 17.0 Å². The standard InChI is InChI=1S/C23H24N2O6S/c1-4-25-22(28)20(32-23(25)24-16-7-9-17(10-8-16)30-5-2)13-15-6-11-18(19(12-15)29-3)31-14-21(26)27/h6-13H,4-5,14H2,1-3H3,(H,26,27). The van der Waals surface area contributed by atoms with E-state index in [1.807, 2.05) is 38.1 Å². The van der Waals surface area contributed by atoms with Crippen molar-refractivity contribution in [2.45, 2.75) is 13.8 Å². The van der Waals surface area contributed by atoms with Crippen LogP contribution in [0.15, 0.2) is 52.4 Å². The molecule has 32 heavy (non-hydrogen) atoms. The molecule has 3 rings (SSSR count). The second-order valence-corrected chi connectivity index (χ2v) is 7.58. The summed E-state index contributed by atoms with van der Waals surface area (Å²) in [5, 5.41) is 9.39. The van der Waals surface area contributed by atoms with Crippen molar-refractivity contribution in [2.24, 2.45) is 4.99 Å². The molecule has 1 aliphatic rings. The largest absolute Gasteiger partial charge is 0.494 e. The second kappa shape index (κ2) is 10.7. The summed E-state index contributed by atoms with van der Waals surface area (Å²) >= 11 is 1.29. The molecule has 2 aromatic rings. The van der Waals surface area contributed by atoms with Crippen molar-refractivity contribution >= 4 is 40.6 Å². The van der Waals surface area contributed by atoms with E-state index < -0.39 is 12.6 Å². The van der Waals surface area contributed by atoms with Crippen molar-refractivity contribution in [3.8, 4) is 17.2 Å². The summed E-state index contributed by atoms with van der Waals surface area (Å²) in [6.45, 7) is 4.43. The Morgan fingerprint density at radius 1 is 1.12 bits per heavy atom. The summed E-state index contributed by atoms with van der Waals surface area (Å²) in [5.74, 6) is 0.254. The molecule has 1 N–H and O–H groups in total. The van der Waals surface area contributed by atoms with Crippen molar-refractivity contribution in [2.75, 3.05) is 26.9 Å². The van der Waals surface area contributed by atoms with Gasteiger partial charge >= 0.3 is 5.97 Å². The number of benzene rings is 2. The number of aliphatic carboxylic acids is 1. The highest BCUT2D eigenvalue weighted by atomic mass is 32.2. The van der Waals surface area contributed by atoms with E-state index in [1.54, 1.807) is 29.2 Å². The molecule has 1 saturated heterocycles. The number of nitrogens with zero attached hydrogens (tertiary/aromatic N) is 2.